The van der Waals surface area contributed by atoms with E-state index in [1.54, 1.807) is 0 Å². The molecule has 0 aliphatic rings. The fourth-order valence-corrected chi connectivity index (χ4v) is 2.71. The molecule has 0 heterocycles. The minimum atomic E-state index is -0.000564. The standard InChI is InChI=1S/C19H36N4O2S2/c1-18(2,8-14-24)6-12-22-16(26)20-10-5-11-21-17(27)23-13-7-19(3,4)9-15-25/h14-15H,5-13H2,1-4H3,(H2,20,22,26)(H2,21,23,27). The molecule has 0 rings (SSSR count). The van der Waals surface area contributed by atoms with Gasteiger partial charge in [-0.1, -0.05) is 27.7 Å². The molecular formula is C19H36N4O2S2. The Morgan fingerprint density at radius 1 is 0.704 bits per heavy atom. The topological polar surface area (TPSA) is 82.3 Å². The summed E-state index contributed by atoms with van der Waals surface area (Å²) >= 11 is 10.5. The molecule has 0 fully saturated rings. The van der Waals surface area contributed by atoms with Gasteiger partial charge in [-0.15, -0.1) is 0 Å². The molecule has 4 N–H and O–H groups in total. The fourth-order valence-electron chi connectivity index (χ4n) is 2.30. The largest absolute Gasteiger partial charge is 0.363 e. The van der Waals surface area contributed by atoms with Crippen LogP contribution in [0.5, 0.6) is 0 Å². The second-order valence-corrected chi connectivity index (χ2v) is 9.11. The Hall–Kier alpha value is -1.28. The number of carbonyl (C=O) groups excluding carboxylic acids is 2. The Kier molecular flexibility index (Phi) is 13.2. The second kappa shape index (κ2) is 13.8. The smallest absolute Gasteiger partial charge is 0.166 e. The maximum absolute atomic E-state index is 10.6. The lowest BCUT2D eigenvalue weighted by Crippen LogP contribution is -2.40. The monoisotopic (exact) mass is 416 g/mol. The first-order valence-corrected chi connectivity index (χ1v) is 10.3. The van der Waals surface area contributed by atoms with E-state index < -0.39 is 0 Å². The Labute approximate surface area is 175 Å². The molecule has 0 radical (unpaired) electrons. The molecule has 8 heteroatoms. The van der Waals surface area contributed by atoms with Crippen LogP contribution in [0.15, 0.2) is 0 Å². The third-order valence-corrected chi connectivity index (χ3v) is 4.95. The van der Waals surface area contributed by atoms with Crippen LogP contribution in [0.1, 0.15) is 59.8 Å². The van der Waals surface area contributed by atoms with E-state index in [0.717, 1.165) is 58.0 Å². The first-order valence-electron chi connectivity index (χ1n) is 9.52. The summed E-state index contributed by atoms with van der Waals surface area (Å²) < 4.78 is 0. The SMILES string of the molecule is CC(C)(CC=O)CCNC(=S)NCCCNC(=S)NCCC(C)(C)CC=O. The highest BCUT2D eigenvalue weighted by Crippen LogP contribution is 2.23. The molecule has 0 atom stereocenters. The normalized spacial score (nSPS) is 11.4. The van der Waals surface area contributed by atoms with Gasteiger partial charge in [-0.25, -0.2) is 0 Å². The molecule has 0 spiro atoms. The molecule has 0 aliphatic carbocycles. The second-order valence-electron chi connectivity index (χ2n) is 8.29. The zero-order valence-corrected chi connectivity index (χ0v) is 18.8. The van der Waals surface area contributed by atoms with Crippen molar-refractivity contribution in [2.75, 3.05) is 26.2 Å². The maximum atomic E-state index is 10.6. The lowest BCUT2D eigenvalue weighted by molar-refractivity contribution is -0.110. The summed E-state index contributed by atoms with van der Waals surface area (Å²) in [5, 5.41) is 13.9. The number of thiocarbonyl (C=S) groups is 2. The van der Waals surface area contributed by atoms with Crippen molar-refractivity contribution in [1.29, 1.82) is 0 Å². The van der Waals surface area contributed by atoms with Gasteiger partial charge in [0.15, 0.2) is 10.2 Å². The Bertz CT molecular complexity index is 440. The molecule has 0 aromatic rings. The molecule has 6 nitrogen and oxygen atoms in total. The van der Waals surface area contributed by atoms with E-state index in [1.165, 1.54) is 0 Å². The highest BCUT2D eigenvalue weighted by molar-refractivity contribution is 7.80. The van der Waals surface area contributed by atoms with Crippen molar-refractivity contribution in [3.05, 3.63) is 0 Å². The molecule has 0 saturated carbocycles. The number of rotatable bonds is 14. The predicted molar refractivity (Wildman–Crippen MR) is 120 cm³/mol. The van der Waals surface area contributed by atoms with E-state index >= 15 is 0 Å². The van der Waals surface area contributed by atoms with Gasteiger partial charge in [-0.2, -0.15) is 0 Å². The zero-order valence-electron chi connectivity index (χ0n) is 17.2. The number of carbonyl (C=O) groups is 2. The van der Waals surface area contributed by atoms with E-state index in [2.05, 4.69) is 49.0 Å². The van der Waals surface area contributed by atoms with Crippen LogP contribution in [0.4, 0.5) is 0 Å². The highest BCUT2D eigenvalue weighted by atomic mass is 32.1. The summed E-state index contributed by atoms with van der Waals surface area (Å²) in [6, 6.07) is 0. The van der Waals surface area contributed by atoms with Gasteiger partial charge in [0.25, 0.3) is 0 Å². The van der Waals surface area contributed by atoms with Crippen LogP contribution >= 0.6 is 24.4 Å². The Morgan fingerprint density at radius 2 is 1.04 bits per heavy atom. The minimum absolute atomic E-state index is 0.000564. The number of nitrogens with one attached hydrogen (secondary N) is 4. The lowest BCUT2D eigenvalue weighted by Gasteiger charge is -2.22. The van der Waals surface area contributed by atoms with E-state index in [9.17, 15) is 9.59 Å². The average Bonchev–Trinajstić information content (AvgIpc) is 2.53. The summed E-state index contributed by atoms with van der Waals surface area (Å²) in [5.41, 5.74) is -0.00113. The van der Waals surface area contributed by atoms with E-state index in [0.29, 0.717) is 23.1 Å². The third-order valence-electron chi connectivity index (χ3n) is 4.37. The summed E-state index contributed by atoms with van der Waals surface area (Å²) in [5.74, 6) is 0. The van der Waals surface area contributed by atoms with Crippen LogP contribution < -0.4 is 21.3 Å². The Balaban J connectivity index is 3.67. The molecule has 0 aromatic heterocycles. The van der Waals surface area contributed by atoms with Crippen LogP contribution in [0.3, 0.4) is 0 Å². The van der Waals surface area contributed by atoms with Crippen molar-refractivity contribution < 1.29 is 9.59 Å². The molecule has 156 valence electrons. The van der Waals surface area contributed by atoms with Gasteiger partial charge in [0.05, 0.1) is 0 Å². The fraction of sp³-hybridized carbons (Fsp3) is 0.789. The number of hydrogen-bond donors (Lipinski definition) is 4. The van der Waals surface area contributed by atoms with Gasteiger partial charge in [0.1, 0.15) is 12.6 Å². The van der Waals surface area contributed by atoms with Gasteiger partial charge in [-0.3, -0.25) is 0 Å². The summed E-state index contributed by atoms with van der Waals surface area (Å²) in [7, 11) is 0. The highest BCUT2D eigenvalue weighted by Gasteiger charge is 2.17. The molecule has 0 aromatic carbocycles. The number of hydrogen-bond acceptors (Lipinski definition) is 4. The quantitative estimate of drug-likeness (QED) is 0.195. The third kappa shape index (κ3) is 15.5. The van der Waals surface area contributed by atoms with Gasteiger partial charge in [-0.05, 0) is 54.5 Å². The van der Waals surface area contributed by atoms with Crippen LogP contribution in [0.25, 0.3) is 0 Å². The van der Waals surface area contributed by atoms with Crippen molar-refractivity contribution in [1.82, 2.24) is 21.3 Å². The van der Waals surface area contributed by atoms with Crippen LogP contribution in [0.2, 0.25) is 0 Å². The van der Waals surface area contributed by atoms with Gasteiger partial charge < -0.3 is 30.9 Å². The van der Waals surface area contributed by atoms with Crippen molar-refractivity contribution >= 4 is 47.2 Å². The summed E-state index contributed by atoms with van der Waals surface area (Å²) in [6.45, 7) is 11.3. The van der Waals surface area contributed by atoms with E-state index in [4.69, 9.17) is 24.4 Å². The lowest BCUT2D eigenvalue weighted by atomic mass is 9.86. The van der Waals surface area contributed by atoms with Crippen molar-refractivity contribution in [3.8, 4) is 0 Å². The van der Waals surface area contributed by atoms with E-state index in [1.807, 2.05) is 0 Å². The molecule has 27 heavy (non-hydrogen) atoms. The van der Waals surface area contributed by atoms with Crippen LogP contribution in [-0.4, -0.2) is 49.0 Å². The molecule has 0 aliphatic heterocycles. The zero-order chi connectivity index (χ0) is 20.8. The first kappa shape index (κ1) is 25.7. The van der Waals surface area contributed by atoms with Gasteiger partial charge in [0, 0.05) is 39.0 Å². The number of aldehydes is 2. The van der Waals surface area contributed by atoms with Crippen molar-refractivity contribution in [3.63, 3.8) is 0 Å². The molecule has 0 saturated heterocycles. The average molecular weight is 417 g/mol. The summed E-state index contributed by atoms with van der Waals surface area (Å²) in [6.07, 6.45) is 5.71. The Morgan fingerprint density at radius 3 is 1.37 bits per heavy atom. The molecular weight excluding hydrogens is 380 g/mol. The van der Waals surface area contributed by atoms with Crippen molar-refractivity contribution in [2.24, 2.45) is 10.8 Å². The molecule has 0 bridgehead atoms. The molecule has 0 amide bonds. The first-order chi connectivity index (χ1) is 12.6. The molecule has 0 unspecified atom stereocenters. The van der Waals surface area contributed by atoms with Crippen molar-refractivity contribution in [2.45, 2.75) is 59.8 Å². The van der Waals surface area contributed by atoms with Crippen LogP contribution in [-0.2, 0) is 9.59 Å². The van der Waals surface area contributed by atoms with E-state index in [-0.39, 0.29) is 10.8 Å². The van der Waals surface area contributed by atoms with Gasteiger partial charge in [0.2, 0.25) is 0 Å². The minimum Gasteiger partial charge on any atom is -0.363 e. The predicted octanol–water partition coefficient (Wildman–Crippen LogP) is 2.32. The summed E-state index contributed by atoms with van der Waals surface area (Å²) in [4.78, 5) is 21.2. The van der Waals surface area contributed by atoms with Crippen LogP contribution in [0, 0.1) is 10.8 Å². The van der Waals surface area contributed by atoms with Gasteiger partial charge >= 0.3 is 0 Å². The maximum Gasteiger partial charge on any atom is 0.166 e.